The van der Waals surface area contributed by atoms with E-state index >= 15 is 4.39 Å². The molecule has 0 unspecified atom stereocenters. The highest BCUT2D eigenvalue weighted by Gasteiger charge is 2.41. The Morgan fingerprint density at radius 1 is 1.05 bits per heavy atom. The number of carbonyl (C=O) groups is 2. The normalized spacial score (nSPS) is 21.5. The van der Waals surface area contributed by atoms with Crippen LogP contribution in [0.2, 0.25) is 0 Å². The van der Waals surface area contributed by atoms with Crippen LogP contribution < -0.4 is 5.32 Å². The minimum atomic E-state index is -0.537. The number of halogens is 1. The molecule has 0 saturated carbocycles. The lowest BCUT2D eigenvalue weighted by Crippen LogP contribution is -2.52. The van der Waals surface area contributed by atoms with Gasteiger partial charge in [-0.2, -0.15) is 0 Å². The van der Waals surface area contributed by atoms with E-state index in [2.05, 4.69) is 55.3 Å². The molecule has 6 rings (SSSR count). The maximum atomic E-state index is 15.1. The highest BCUT2D eigenvalue weighted by atomic mass is 19.1. The van der Waals surface area contributed by atoms with Crippen molar-refractivity contribution in [3.63, 3.8) is 0 Å². The van der Waals surface area contributed by atoms with Gasteiger partial charge in [-0.1, -0.05) is 48.5 Å². The molecule has 3 aliphatic rings. The number of piperidine rings is 1. The third-order valence-electron chi connectivity index (χ3n) is 9.61. The van der Waals surface area contributed by atoms with Crippen molar-refractivity contribution in [3.8, 4) is 0 Å². The van der Waals surface area contributed by atoms with Crippen LogP contribution in [0, 0.1) is 18.7 Å². The van der Waals surface area contributed by atoms with E-state index < -0.39 is 17.8 Å². The number of amides is 2. The van der Waals surface area contributed by atoms with E-state index in [0.717, 1.165) is 41.9 Å². The molecule has 2 amide bonds. The summed E-state index contributed by atoms with van der Waals surface area (Å²) in [5.74, 6) is -1.53. The predicted molar refractivity (Wildman–Crippen MR) is 172 cm³/mol. The van der Waals surface area contributed by atoms with Gasteiger partial charge in [-0.15, -0.1) is 0 Å². The molecule has 7 heteroatoms. The van der Waals surface area contributed by atoms with Crippen molar-refractivity contribution >= 4 is 23.1 Å². The molecule has 0 radical (unpaired) electrons. The molecule has 6 nitrogen and oxygen atoms in total. The number of benzene rings is 3. The second kappa shape index (κ2) is 12.3. The average Bonchev–Trinajstić information content (AvgIpc) is 3.37. The van der Waals surface area contributed by atoms with Crippen molar-refractivity contribution in [2.75, 3.05) is 31.6 Å². The predicted octanol–water partition coefficient (Wildman–Crippen LogP) is 6.94. The Balaban J connectivity index is 1.31. The Morgan fingerprint density at radius 3 is 2.59 bits per heavy atom. The zero-order valence-electron chi connectivity index (χ0n) is 26.2. The van der Waals surface area contributed by atoms with Crippen molar-refractivity contribution in [2.45, 2.75) is 65.1 Å². The van der Waals surface area contributed by atoms with Gasteiger partial charge in [0.15, 0.2) is 0 Å². The number of carbonyl (C=O) groups excluding carboxylic acids is 2. The number of rotatable bonds is 6. The number of anilines is 1. The monoisotopic (exact) mass is 595 g/mol. The van der Waals surface area contributed by atoms with Crippen LogP contribution in [0.4, 0.5) is 10.1 Å². The van der Waals surface area contributed by atoms with Crippen LogP contribution in [-0.2, 0) is 22.5 Å². The molecule has 3 aromatic rings. The fourth-order valence-electron chi connectivity index (χ4n) is 6.99. The van der Waals surface area contributed by atoms with E-state index in [1.54, 1.807) is 24.0 Å². The number of nitrogens with zero attached hydrogens (tertiary/aromatic N) is 2. The third-order valence-corrected chi connectivity index (χ3v) is 9.61. The van der Waals surface area contributed by atoms with Gasteiger partial charge in [-0.05, 0) is 98.5 Å². The van der Waals surface area contributed by atoms with Gasteiger partial charge >= 0.3 is 0 Å². The van der Waals surface area contributed by atoms with Crippen LogP contribution in [0.5, 0.6) is 0 Å². The first-order valence-corrected chi connectivity index (χ1v) is 15.7. The molecule has 2 saturated heterocycles. The molecule has 0 bridgehead atoms. The summed E-state index contributed by atoms with van der Waals surface area (Å²) in [6, 6.07) is 18.5. The number of hydrogen-bond acceptors (Lipinski definition) is 4. The van der Waals surface area contributed by atoms with E-state index in [1.165, 1.54) is 17.2 Å². The largest absolute Gasteiger partial charge is 0.378 e. The van der Waals surface area contributed by atoms with Crippen LogP contribution in [0.3, 0.4) is 0 Å². The first kappa shape index (κ1) is 30.2. The Morgan fingerprint density at radius 2 is 1.84 bits per heavy atom. The van der Waals surface area contributed by atoms with Gasteiger partial charge in [-0.25, -0.2) is 4.39 Å². The molecule has 1 aliphatic carbocycles. The minimum Gasteiger partial charge on any atom is -0.378 e. The van der Waals surface area contributed by atoms with Gasteiger partial charge in [0.2, 0.25) is 5.91 Å². The first-order chi connectivity index (χ1) is 21.1. The van der Waals surface area contributed by atoms with E-state index in [9.17, 15) is 9.59 Å². The van der Waals surface area contributed by atoms with Gasteiger partial charge in [-0.3, -0.25) is 14.5 Å². The summed E-state index contributed by atoms with van der Waals surface area (Å²) in [5, 5.41) is 3.16. The van der Waals surface area contributed by atoms with E-state index in [4.69, 9.17) is 4.74 Å². The second-order valence-electron chi connectivity index (χ2n) is 13.1. The molecular weight excluding hydrogens is 553 g/mol. The molecule has 3 aromatic carbocycles. The van der Waals surface area contributed by atoms with E-state index in [-0.39, 0.29) is 22.9 Å². The smallest absolute Gasteiger partial charge is 0.257 e. The lowest BCUT2D eigenvalue weighted by atomic mass is 9.83. The summed E-state index contributed by atoms with van der Waals surface area (Å²) in [7, 11) is 0. The quantitative estimate of drug-likeness (QED) is 0.336. The molecule has 0 aromatic heterocycles. The van der Waals surface area contributed by atoms with Crippen molar-refractivity contribution in [1.29, 1.82) is 0 Å². The summed E-state index contributed by atoms with van der Waals surface area (Å²) >= 11 is 0. The molecule has 230 valence electrons. The zero-order chi connectivity index (χ0) is 31.0. The first-order valence-electron chi connectivity index (χ1n) is 15.7. The average molecular weight is 596 g/mol. The van der Waals surface area contributed by atoms with Gasteiger partial charge in [0.25, 0.3) is 5.91 Å². The Labute approximate surface area is 259 Å². The summed E-state index contributed by atoms with van der Waals surface area (Å²) in [5.41, 5.74) is 7.02. The minimum absolute atomic E-state index is 0.0593. The number of likely N-dealkylation sites (tertiary alicyclic amines) is 1. The fraction of sp³-hybridized carbons (Fsp3) is 0.405. The highest BCUT2D eigenvalue weighted by molar-refractivity contribution is 5.98. The number of hydrogen-bond donors (Lipinski definition) is 1. The number of aryl methyl sites for hydroxylation is 1. The Hall–Kier alpha value is -3.81. The molecule has 2 heterocycles. The number of fused-ring (bicyclic) bond motifs is 1. The van der Waals surface area contributed by atoms with Crippen LogP contribution in [0.1, 0.15) is 77.8 Å². The molecule has 2 atom stereocenters. The number of allylic oxidation sites excluding steroid dienone is 2. The standard InChI is InChI=1S/C37H42FN3O3/c1-24-10-13-27-16-17-29(21-31(24)27)39-35(42)30-8-6-18-41(36(43)33-25(2)7-5-9-32(33)38)34(30)28-14-11-26(12-15-28)22-40-19-20-44-23-37(40,3)4/h5,7,9-12,14-17,21,30,34H,6,8,13,18-20,22-23H2,1-4H3,(H,39,42)/t30-,34-/m0/s1. The summed E-state index contributed by atoms with van der Waals surface area (Å²) in [4.78, 5) is 32.2. The van der Waals surface area contributed by atoms with Crippen LogP contribution in [0.25, 0.3) is 5.57 Å². The Kier molecular flexibility index (Phi) is 8.44. The van der Waals surface area contributed by atoms with Gasteiger partial charge in [0, 0.05) is 30.9 Å². The topological polar surface area (TPSA) is 61.9 Å². The number of ether oxygens (including phenoxy) is 1. The molecule has 44 heavy (non-hydrogen) atoms. The van der Waals surface area contributed by atoms with Crippen molar-refractivity contribution in [3.05, 3.63) is 106 Å². The maximum absolute atomic E-state index is 15.1. The summed E-state index contributed by atoms with van der Waals surface area (Å²) in [6.07, 6.45) is 4.39. The second-order valence-corrected chi connectivity index (χ2v) is 13.1. The molecule has 2 aliphatic heterocycles. The lowest BCUT2D eigenvalue weighted by molar-refractivity contribution is -0.123. The SMILES string of the molecule is CC1=CCc2ccc(NC(=O)[C@H]3CCCN(C(=O)c4c(C)cccc4F)[C@H]3c3ccc(CN4CCOCC4(C)C)cc3)cc21. The molecule has 1 N–H and O–H groups in total. The van der Waals surface area contributed by atoms with Crippen molar-refractivity contribution < 1.29 is 18.7 Å². The van der Waals surface area contributed by atoms with Gasteiger partial charge in [0.05, 0.1) is 30.7 Å². The molecular formula is C37H42FN3O3. The van der Waals surface area contributed by atoms with Crippen LogP contribution in [0.15, 0.2) is 66.7 Å². The number of nitrogens with one attached hydrogen (secondary N) is 1. The highest BCUT2D eigenvalue weighted by Crippen LogP contribution is 2.39. The van der Waals surface area contributed by atoms with E-state index in [0.29, 0.717) is 38.2 Å². The van der Waals surface area contributed by atoms with Crippen LogP contribution in [-0.4, -0.2) is 53.5 Å². The zero-order valence-corrected chi connectivity index (χ0v) is 26.2. The van der Waals surface area contributed by atoms with E-state index in [1.807, 2.05) is 24.3 Å². The third kappa shape index (κ3) is 5.95. The molecule has 2 fully saturated rings. The lowest BCUT2D eigenvalue weighted by Gasteiger charge is -2.42. The summed E-state index contributed by atoms with van der Waals surface area (Å²) in [6.45, 7) is 11.7. The van der Waals surface area contributed by atoms with Gasteiger partial charge < -0.3 is 15.0 Å². The van der Waals surface area contributed by atoms with Gasteiger partial charge in [0.1, 0.15) is 5.82 Å². The molecule has 0 spiro atoms. The Bertz CT molecular complexity index is 1580. The van der Waals surface area contributed by atoms with Crippen molar-refractivity contribution in [2.24, 2.45) is 5.92 Å². The number of morpholine rings is 1. The fourth-order valence-corrected chi connectivity index (χ4v) is 6.99. The summed E-state index contributed by atoms with van der Waals surface area (Å²) < 4.78 is 20.8. The maximum Gasteiger partial charge on any atom is 0.257 e. The van der Waals surface area contributed by atoms with Crippen molar-refractivity contribution in [1.82, 2.24) is 9.80 Å². The van der Waals surface area contributed by atoms with Crippen LogP contribution >= 0.6 is 0 Å².